The number of rotatable bonds is 4. The van der Waals surface area contributed by atoms with Gasteiger partial charge in [-0.15, -0.1) is 5.10 Å². The van der Waals surface area contributed by atoms with Gasteiger partial charge in [-0.1, -0.05) is 0 Å². The van der Waals surface area contributed by atoms with Crippen LogP contribution in [0.4, 0.5) is 5.82 Å². The highest BCUT2D eigenvalue weighted by atomic mass is 15.3. The molecule has 2 aromatic rings. The second kappa shape index (κ2) is 6.04. The van der Waals surface area contributed by atoms with Gasteiger partial charge in [0.15, 0.2) is 5.82 Å². The third-order valence-electron chi connectivity index (χ3n) is 4.48. The Balaban J connectivity index is 1.78. The fraction of sp³-hybridized carbons (Fsp3) is 0.562. The average molecular weight is 300 g/mol. The average Bonchev–Trinajstić information content (AvgIpc) is 3.09. The lowest BCUT2D eigenvalue weighted by Crippen LogP contribution is -2.24. The summed E-state index contributed by atoms with van der Waals surface area (Å²) in [4.78, 5) is 4.46. The van der Waals surface area contributed by atoms with Gasteiger partial charge in [-0.05, 0) is 45.4 Å². The zero-order chi connectivity index (χ0) is 15.7. The van der Waals surface area contributed by atoms with Gasteiger partial charge in [-0.25, -0.2) is 0 Å². The number of aromatic amines is 1. The van der Waals surface area contributed by atoms with Crippen LogP contribution in [-0.4, -0.2) is 45.9 Å². The third kappa shape index (κ3) is 2.83. The molecule has 1 fully saturated rings. The van der Waals surface area contributed by atoms with Crippen molar-refractivity contribution in [2.24, 2.45) is 0 Å². The Kier molecular flexibility index (Phi) is 4.11. The van der Waals surface area contributed by atoms with Gasteiger partial charge in [0.1, 0.15) is 0 Å². The van der Waals surface area contributed by atoms with Gasteiger partial charge in [-0.2, -0.15) is 10.2 Å². The van der Waals surface area contributed by atoms with Crippen LogP contribution in [0.25, 0.3) is 0 Å². The van der Waals surface area contributed by atoms with Crippen molar-refractivity contribution >= 4 is 5.82 Å². The first-order chi connectivity index (χ1) is 10.6. The standard InChI is InChI=1S/C16H24N6/c1-11-13(12(2)18-17-11)10-22-9-5-6-15(22)14-7-8-16(20-19-14)21(3)4/h7-8,15H,5-6,9-10H2,1-4H3,(H,17,18). The molecule has 1 N–H and O–H groups in total. The van der Waals surface area contributed by atoms with Gasteiger partial charge in [0.05, 0.1) is 17.4 Å². The van der Waals surface area contributed by atoms with Gasteiger partial charge >= 0.3 is 0 Å². The summed E-state index contributed by atoms with van der Waals surface area (Å²) in [6.07, 6.45) is 2.35. The zero-order valence-electron chi connectivity index (χ0n) is 13.8. The van der Waals surface area contributed by atoms with Crippen LogP contribution in [0.15, 0.2) is 12.1 Å². The molecular formula is C16H24N6. The second-order valence-electron chi connectivity index (χ2n) is 6.25. The molecule has 0 radical (unpaired) electrons. The first kappa shape index (κ1) is 15.0. The largest absolute Gasteiger partial charge is 0.361 e. The van der Waals surface area contributed by atoms with Crippen molar-refractivity contribution in [2.45, 2.75) is 39.3 Å². The maximum absolute atomic E-state index is 4.45. The van der Waals surface area contributed by atoms with Crippen LogP contribution in [0.1, 0.15) is 41.5 Å². The number of likely N-dealkylation sites (tertiary alicyclic amines) is 1. The Morgan fingerprint density at radius 2 is 2.09 bits per heavy atom. The molecule has 0 saturated carbocycles. The molecule has 3 rings (SSSR count). The molecule has 118 valence electrons. The minimum atomic E-state index is 0.359. The Bertz CT molecular complexity index is 611. The molecule has 2 aromatic heterocycles. The number of hydrogen-bond acceptors (Lipinski definition) is 5. The molecule has 1 saturated heterocycles. The quantitative estimate of drug-likeness (QED) is 0.938. The smallest absolute Gasteiger partial charge is 0.150 e. The molecule has 1 aliphatic rings. The van der Waals surface area contributed by atoms with E-state index in [1.54, 1.807) is 0 Å². The van der Waals surface area contributed by atoms with E-state index in [0.717, 1.165) is 42.4 Å². The fourth-order valence-electron chi connectivity index (χ4n) is 3.11. The Morgan fingerprint density at radius 1 is 1.27 bits per heavy atom. The van der Waals surface area contributed by atoms with Crippen LogP contribution in [-0.2, 0) is 6.54 Å². The fourth-order valence-corrected chi connectivity index (χ4v) is 3.11. The highest BCUT2D eigenvalue weighted by molar-refractivity contribution is 5.35. The van der Waals surface area contributed by atoms with Gasteiger partial charge in [-0.3, -0.25) is 10.00 Å². The maximum atomic E-state index is 4.45. The number of anilines is 1. The van der Waals surface area contributed by atoms with E-state index in [0.29, 0.717) is 6.04 Å². The molecule has 0 aliphatic carbocycles. The number of aryl methyl sites for hydroxylation is 2. The van der Waals surface area contributed by atoms with E-state index in [4.69, 9.17) is 0 Å². The Morgan fingerprint density at radius 3 is 2.68 bits per heavy atom. The summed E-state index contributed by atoms with van der Waals surface area (Å²) < 4.78 is 0. The topological polar surface area (TPSA) is 60.9 Å². The lowest BCUT2D eigenvalue weighted by Gasteiger charge is -2.24. The summed E-state index contributed by atoms with van der Waals surface area (Å²) in [5, 5.41) is 16.1. The van der Waals surface area contributed by atoms with Crippen LogP contribution in [0.2, 0.25) is 0 Å². The molecule has 22 heavy (non-hydrogen) atoms. The molecule has 6 nitrogen and oxygen atoms in total. The number of H-pyrrole nitrogens is 1. The monoisotopic (exact) mass is 300 g/mol. The van der Waals surface area contributed by atoms with Crippen LogP contribution in [0.3, 0.4) is 0 Å². The first-order valence-corrected chi connectivity index (χ1v) is 7.81. The van der Waals surface area contributed by atoms with E-state index in [1.807, 2.05) is 25.1 Å². The number of aromatic nitrogens is 4. The molecule has 1 aliphatic heterocycles. The van der Waals surface area contributed by atoms with Crippen molar-refractivity contribution in [2.75, 3.05) is 25.5 Å². The summed E-state index contributed by atoms with van der Waals surface area (Å²) in [6, 6.07) is 4.52. The Labute approximate surface area is 131 Å². The normalized spacial score (nSPS) is 18.8. The summed E-state index contributed by atoms with van der Waals surface area (Å²) >= 11 is 0. The van der Waals surface area contributed by atoms with E-state index in [1.165, 1.54) is 12.0 Å². The molecule has 1 atom stereocenters. The molecular weight excluding hydrogens is 276 g/mol. The molecule has 1 unspecified atom stereocenters. The van der Waals surface area contributed by atoms with Crippen molar-refractivity contribution in [1.29, 1.82) is 0 Å². The van der Waals surface area contributed by atoms with E-state index in [9.17, 15) is 0 Å². The number of nitrogens with one attached hydrogen (secondary N) is 1. The van der Waals surface area contributed by atoms with Crippen molar-refractivity contribution < 1.29 is 0 Å². The lowest BCUT2D eigenvalue weighted by atomic mass is 10.1. The molecule has 0 spiro atoms. The Hall–Kier alpha value is -1.95. The summed E-state index contributed by atoms with van der Waals surface area (Å²) in [5.41, 5.74) is 4.64. The van der Waals surface area contributed by atoms with Crippen molar-refractivity contribution in [3.63, 3.8) is 0 Å². The van der Waals surface area contributed by atoms with Crippen LogP contribution < -0.4 is 4.90 Å². The molecule has 0 amide bonds. The zero-order valence-corrected chi connectivity index (χ0v) is 13.8. The first-order valence-electron chi connectivity index (χ1n) is 7.81. The SMILES string of the molecule is Cc1n[nH]c(C)c1CN1CCCC1c1ccc(N(C)C)nn1. The van der Waals surface area contributed by atoms with Crippen LogP contribution in [0, 0.1) is 13.8 Å². The van der Waals surface area contributed by atoms with E-state index in [-0.39, 0.29) is 0 Å². The maximum Gasteiger partial charge on any atom is 0.150 e. The predicted octanol–water partition coefficient (Wildman–Crippen LogP) is 2.22. The van der Waals surface area contributed by atoms with Crippen LogP contribution in [0.5, 0.6) is 0 Å². The predicted molar refractivity (Wildman–Crippen MR) is 86.8 cm³/mol. The minimum absolute atomic E-state index is 0.359. The number of nitrogens with zero attached hydrogens (tertiary/aromatic N) is 5. The van der Waals surface area contributed by atoms with Gasteiger partial charge in [0.25, 0.3) is 0 Å². The second-order valence-corrected chi connectivity index (χ2v) is 6.25. The van der Waals surface area contributed by atoms with Crippen molar-refractivity contribution in [1.82, 2.24) is 25.3 Å². The minimum Gasteiger partial charge on any atom is -0.361 e. The molecule has 0 bridgehead atoms. The van der Waals surface area contributed by atoms with Crippen LogP contribution >= 0.6 is 0 Å². The van der Waals surface area contributed by atoms with Crippen molar-refractivity contribution in [3.8, 4) is 0 Å². The lowest BCUT2D eigenvalue weighted by molar-refractivity contribution is 0.242. The van der Waals surface area contributed by atoms with Crippen molar-refractivity contribution in [3.05, 3.63) is 34.8 Å². The molecule has 3 heterocycles. The van der Waals surface area contributed by atoms with E-state index >= 15 is 0 Å². The number of hydrogen-bond donors (Lipinski definition) is 1. The summed E-state index contributed by atoms with van der Waals surface area (Å²) in [6.45, 7) is 6.18. The molecule has 0 aromatic carbocycles. The summed E-state index contributed by atoms with van der Waals surface area (Å²) in [5.74, 6) is 0.898. The van der Waals surface area contributed by atoms with E-state index in [2.05, 4.69) is 45.2 Å². The summed E-state index contributed by atoms with van der Waals surface area (Å²) in [7, 11) is 3.96. The van der Waals surface area contributed by atoms with Gasteiger partial charge in [0.2, 0.25) is 0 Å². The van der Waals surface area contributed by atoms with E-state index < -0.39 is 0 Å². The van der Waals surface area contributed by atoms with Gasteiger partial charge < -0.3 is 4.90 Å². The highest BCUT2D eigenvalue weighted by Crippen LogP contribution is 2.32. The third-order valence-corrected chi connectivity index (χ3v) is 4.48. The highest BCUT2D eigenvalue weighted by Gasteiger charge is 2.28. The van der Waals surface area contributed by atoms with Gasteiger partial charge in [0, 0.05) is 31.9 Å². The molecule has 6 heteroatoms.